The first-order valence-corrected chi connectivity index (χ1v) is 7.11. The van der Waals surface area contributed by atoms with Crippen LogP contribution < -0.4 is 5.32 Å². The number of carboxylic acids is 1. The largest absolute Gasteiger partial charge is 0.475 e. The fourth-order valence-corrected chi connectivity index (χ4v) is 2.53. The number of furan rings is 1. The van der Waals surface area contributed by atoms with Crippen LogP contribution in [-0.2, 0) is 9.53 Å². The van der Waals surface area contributed by atoms with E-state index < -0.39 is 5.97 Å². The highest BCUT2D eigenvalue weighted by Crippen LogP contribution is 2.49. The number of carbonyl (C=O) groups excluding carboxylic acids is 1. The molecule has 2 aromatic rings. The van der Waals surface area contributed by atoms with Crippen molar-refractivity contribution >= 4 is 28.5 Å². The lowest BCUT2D eigenvalue weighted by Crippen LogP contribution is -2.25. The number of methoxy groups -OCH3 is 1. The molecule has 0 atom stereocenters. The van der Waals surface area contributed by atoms with Gasteiger partial charge in [-0.3, -0.25) is 4.79 Å². The average molecular weight is 303 g/mol. The van der Waals surface area contributed by atoms with E-state index in [0.29, 0.717) is 29.7 Å². The minimum Gasteiger partial charge on any atom is -0.475 e. The zero-order chi connectivity index (χ0) is 15.7. The molecule has 1 aromatic carbocycles. The Labute approximate surface area is 127 Å². The molecule has 1 aliphatic carbocycles. The lowest BCUT2D eigenvalue weighted by atomic mass is 10.0. The van der Waals surface area contributed by atoms with Gasteiger partial charge in [-0.1, -0.05) is 0 Å². The lowest BCUT2D eigenvalue weighted by molar-refractivity contribution is -0.121. The number of nitrogens with one attached hydrogen (secondary N) is 1. The van der Waals surface area contributed by atoms with E-state index in [1.54, 1.807) is 25.3 Å². The summed E-state index contributed by atoms with van der Waals surface area (Å²) in [6, 6.07) is 6.54. The van der Waals surface area contributed by atoms with Crippen LogP contribution in [0.2, 0.25) is 0 Å². The van der Waals surface area contributed by atoms with E-state index in [9.17, 15) is 9.59 Å². The van der Waals surface area contributed by atoms with Crippen molar-refractivity contribution in [3.8, 4) is 0 Å². The molecule has 0 unspecified atom stereocenters. The highest BCUT2D eigenvalue weighted by molar-refractivity contribution is 5.99. The topological polar surface area (TPSA) is 88.8 Å². The molecule has 1 fully saturated rings. The molecular weight excluding hydrogens is 286 g/mol. The van der Waals surface area contributed by atoms with Crippen LogP contribution in [0.4, 0.5) is 5.69 Å². The molecule has 1 heterocycles. The summed E-state index contributed by atoms with van der Waals surface area (Å²) in [5.41, 5.74) is 0.808. The van der Waals surface area contributed by atoms with Crippen molar-refractivity contribution in [3.05, 3.63) is 30.0 Å². The van der Waals surface area contributed by atoms with Gasteiger partial charge in [0.15, 0.2) is 0 Å². The number of rotatable bonds is 6. The van der Waals surface area contributed by atoms with Gasteiger partial charge in [0.1, 0.15) is 5.58 Å². The van der Waals surface area contributed by atoms with Gasteiger partial charge in [-0.15, -0.1) is 0 Å². The van der Waals surface area contributed by atoms with Gasteiger partial charge < -0.3 is 19.6 Å². The third kappa shape index (κ3) is 2.69. The Morgan fingerprint density at radius 1 is 1.36 bits per heavy atom. The monoisotopic (exact) mass is 303 g/mol. The first-order chi connectivity index (χ1) is 10.5. The molecule has 0 aliphatic heterocycles. The average Bonchev–Trinajstić information content (AvgIpc) is 3.16. The van der Waals surface area contributed by atoms with Crippen molar-refractivity contribution in [2.45, 2.75) is 19.3 Å². The highest BCUT2D eigenvalue weighted by atomic mass is 16.5. The van der Waals surface area contributed by atoms with Gasteiger partial charge in [-0.25, -0.2) is 4.79 Å². The van der Waals surface area contributed by atoms with Gasteiger partial charge in [0.2, 0.25) is 11.7 Å². The minimum absolute atomic E-state index is 0.00847. The summed E-state index contributed by atoms with van der Waals surface area (Å²) >= 11 is 0. The first kappa shape index (κ1) is 14.6. The molecule has 6 nitrogen and oxygen atoms in total. The van der Waals surface area contributed by atoms with Crippen molar-refractivity contribution in [3.63, 3.8) is 0 Å². The third-order valence-electron chi connectivity index (χ3n) is 4.10. The van der Waals surface area contributed by atoms with Gasteiger partial charge in [-0.2, -0.15) is 0 Å². The summed E-state index contributed by atoms with van der Waals surface area (Å²) in [6.07, 6.45) is 2.46. The van der Waals surface area contributed by atoms with E-state index in [1.165, 1.54) is 6.07 Å². The fourth-order valence-electron chi connectivity index (χ4n) is 2.53. The number of hydrogen-bond acceptors (Lipinski definition) is 4. The maximum Gasteiger partial charge on any atom is 0.371 e. The Hall–Kier alpha value is -2.34. The van der Waals surface area contributed by atoms with Crippen LogP contribution in [0, 0.1) is 5.41 Å². The van der Waals surface area contributed by atoms with Crippen LogP contribution in [0.15, 0.2) is 28.7 Å². The molecule has 116 valence electrons. The predicted molar refractivity (Wildman–Crippen MR) is 80.0 cm³/mol. The maximum absolute atomic E-state index is 12.4. The summed E-state index contributed by atoms with van der Waals surface area (Å²) in [5.74, 6) is -1.23. The van der Waals surface area contributed by atoms with Crippen LogP contribution in [0.25, 0.3) is 11.0 Å². The van der Waals surface area contributed by atoms with Gasteiger partial charge in [0.05, 0.1) is 5.41 Å². The Balaban J connectivity index is 1.76. The van der Waals surface area contributed by atoms with E-state index in [4.69, 9.17) is 14.3 Å². The number of aromatic carboxylic acids is 1. The number of fused-ring (bicyclic) bond motifs is 1. The Morgan fingerprint density at radius 3 is 2.77 bits per heavy atom. The molecule has 1 aromatic heterocycles. The van der Waals surface area contributed by atoms with Crippen molar-refractivity contribution in [1.29, 1.82) is 0 Å². The standard InChI is InChI=1S/C16H17NO5/c1-21-7-6-16(4-5-16)15(20)17-11-2-3-12-10(8-11)9-13(22-12)14(18)19/h2-3,8-9H,4-7H2,1H3,(H,17,20)(H,18,19). The molecular formula is C16H17NO5. The summed E-state index contributed by atoms with van der Waals surface area (Å²) in [5, 5.41) is 12.5. The number of hydrogen-bond donors (Lipinski definition) is 2. The van der Waals surface area contributed by atoms with Crippen LogP contribution in [0.3, 0.4) is 0 Å². The normalized spacial score (nSPS) is 15.7. The van der Waals surface area contributed by atoms with Gasteiger partial charge in [0.25, 0.3) is 0 Å². The van der Waals surface area contributed by atoms with Crippen molar-refractivity contribution in [1.82, 2.24) is 0 Å². The molecule has 22 heavy (non-hydrogen) atoms. The number of benzene rings is 1. The summed E-state index contributed by atoms with van der Waals surface area (Å²) in [7, 11) is 1.63. The number of carboxylic acid groups (broad SMARTS) is 1. The molecule has 2 N–H and O–H groups in total. The second kappa shape index (κ2) is 5.46. The molecule has 0 radical (unpaired) electrons. The second-order valence-electron chi connectivity index (χ2n) is 5.65. The Morgan fingerprint density at radius 2 is 2.14 bits per heavy atom. The highest BCUT2D eigenvalue weighted by Gasteiger charge is 2.49. The summed E-state index contributed by atoms with van der Waals surface area (Å²) < 4.78 is 10.2. The van der Waals surface area contributed by atoms with E-state index in [2.05, 4.69) is 5.32 Å². The van der Waals surface area contributed by atoms with Crippen molar-refractivity contribution < 1.29 is 23.8 Å². The Kier molecular flexibility index (Phi) is 3.62. The fraction of sp³-hybridized carbons (Fsp3) is 0.375. The van der Waals surface area contributed by atoms with Crippen molar-refractivity contribution in [2.24, 2.45) is 5.41 Å². The van der Waals surface area contributed by atoms with E-state index in [-0.39, 0.29) is 17.1 Å². The molecule has 1 amide bonds. The summed E-state index contributed by atoms with van der Waals surface area (Å²) in [4.78, 5) is 23.3. The van der Waals surface area contributed by atoms with Crippen LogP contribution in [-0.4, -0.2) is 30.7 Å². The van der Waals surface area contributed by atoms with Gasteiger partial charge in [-0.05, 0) is 43.5 Å². The van der Waals surface area contributed by atoms with Crippen LogP contribution in [0.1, 0.15) is 29.8 Å². The predicted octanol–water partition coefficient (Wildman–Crippen LogP) is 2.89. The Bertz CT molecular complexity index is 729. The molecule has 1 aliphatic rings. The molecule has 1 saturated carbocycles. The molecule has 3 rings (SSSR count). The second-order valence-corrected chi connectivity index (χ2v) is 5.65. The van der Waals surface area contributed by atoms with Gasteiger partial charge >= 0.3 is 5.97 Å². The lowest BCUT2D eigenvalue weighted by Gasteiger charge is -2.14. The molecule has 0 bridgehead atoms. The van der Waals surface area contributed by atoms with Crippen molar-refractivity contribution in [2.75, 3.05) is 19.0 Å². The third-order valence-corrected chi connectivity index (χ3v) is 4.10. The van der Waals surface area contributed by atoms with Crippen LogP contribution >= 0.6 is 0 Å². The SMILES string of the molecule is COCCC1(C(=O)Nc2ccc3oc(C(=O)O)cc3c2)CC1. The summed E-state index contributed by atoms with van der Waals surface area (Å²) in [6.45, 7) is 0.566. The quantitative estimate of drug-likeness (QED) is 0.856. The number of carbonyl (C=O) groups is 2. The molecule has 6 heteroatoms. The van der Waals surface area contributed by atoms with Gasteiger partial charge in [0, 0.05) is 24.8 Å². The van der Waals surface area contributed by atoms with E-state index in [1.807, 2.05) is 0 Å². The zero-order valence-electron chi connectivity index (χ0n) is 12.2. The molecule has 0 saturated heterocycles. The van der Waals surface area contributed by atoms with E-state index >= 15 is 0 Å². The number of ether oxygens (including phenoxy) is 1. The molecule has 0 spiro atoms. The van der Waals surface area contributed by atoms with E-state index in [0.717, 1.165) is 12.8 Å². The van der Waals surface area contributed by atoms with Crippen LogP contribution in [0.5, 0.6) is 0 Å². The minimum atomic E-state index is -1.11. The first-order valence-electron chi connectivity index (χ1n) is 7.11. The maximum atomic E-state index is 12.4. The smallest absolute Gasteiger partial charge is 0.371 e. The zero-order valence-corrected chi connectivity index (χ0v) is 12.2. The number of amides is 1. The number of anilines is 1.